The molecule has 2 aromatic rings. The summed E-state index contributed by atoms with van der Waals surface area (Å²) >= 11 is 0. The average molecular weight is 362 g/mol. The summed E-state index contributed by atoms with van der Waals surface area (Å²) in [6.07, 6.45) is 7.54. The van der Waals surface area contributed by atoms with Gasteiger partial charge in [0.2, 0.25) is 0 Å². The Morgan fingerprint density at radius 2 is 1.04 bits per heavy atom. The maximum atomic E-state index is 4.49. The van der Waals surface area contributed by atoms with Gasteiger partial charge in [0.15, 0.2) is 0 Å². The highest BCUT2D eigenvalue weighted by molar-refractivity contribution is 5.80. The van der Waals surface area contributed by atoms with Crippen molar-refractivity contribution < 1.29 is 0 Å². The average Bonchev–Trinajstić information content (AvgIpc) is 3.13. The van der Waals surface area contributed by atoms with Gasteiger partial charge in [0.25, 0.3) is 0 Å². The first-order valence-electron chi connectivity index (χ1n) is 8.85. The molecule has 0 fully saturated rings. The molecular weight excluding hydrogens is 336 g/mol. The van der Waals surface area contributed by atoms with Crippen LogP contribution in [-0.2, 0) is 0 Å². The number of hydrogen-bond acceptors (Lipinski definition) is 6. The van der Waals surface area contributed by atoms with E-state index in [0.29, 0.717) is 6.67 Å². The molecule has 3 rings (SSSR count). The second-order valence-corrected chi connectivity index (χ2v) is 6.78. The van der Waals surface area contributed by atoms with Gasteiger partial charge in [-0.15, -0.1) is 0 Å². The van der Waals surface area contributed by atoms with Crippen molar-refractivity contribution in [2.75, 3.05) is 44.7 Å². The lowest BCUT2D eigenvalue weighted by atomic mass is 10.2. The van der Waals surface area contributed by atoms with Crippen LogP contribution in [0.5, 0.6) is 0 Å². The summed E-state index contributed by atoms with van der Waals surface area (Å²) in [5, 5.41) is 12.7. The molecule has 0 aliphatic carbocycles. The first-order valence-corrected chi connectivity index (χ1v) is 8.85. The van der Waals surface area contributed by atoms with Crippen molar-refractivity contribution in [3.05, 3.63) is 72.1 Å². The van der Waals surface area contributed by atoms with E-state index >= 15 is 0 Å². The van der Waals surface area contributed by atoms with Crippen LogP contribution in [0.15, 0.2) is 71.1 Å². The van der Waals surface area contributed by atoms with E-state index in [4.69, 9.17) is 0 Å². The van der Waals surface area contributed by atoms with E-state index in [1.807, 2.05) is 63.0 Å². The largest absolute Gasteiger partial charge is 0.378 e. The van der Waals surface area contributed by atoms with Crippen molar-refractivity contribution in [1.82, 2.24) is 10.0 Å². The summed E-state index contributed by atoms with van der Waals surface area (Å²) < 4.78 is 0. The molecule has 0 atom stereocenters. The van der Waals surface area contributed by atoms with Gasteiger partial charge in [-0.1, -0.05) is 24.3 Å². The third-order valence-electron chi connectivity index (χ3n) is 4.23. The highest BCUT2D eigenvalue weighted by atomic mass is 15.6. The first kappa shape index (κ1) is 18.5. The molecule has 0 spiro atoms. The van der Waals surface area contributed by atoms with Crippen molar-refractivity contribution in [2.24, 2.45) is 10.2 Å². The Hall–Kier alpha value is -3.28. The molecule has 0 radical (unpaired) electrons. The number of rotatable bonds is 6. The van der Waals surface area contributed by atoms with E-state index in [9.17, 15) is 0 Å². The van der Waals surface area contributed by atoms with Gasteiger partial charge < -0.3 is 9.80 Å². The van der Waals surface area contributed by atoms with Crippen molar-refractivity contribution in [1.29, 1.82) is 0 Å². The minimum atomic E-state index is 0.596. The lowest BCUT2D eigenvalue weighted by Gasteiger charge is -2.13. The molecule has 6 heteroatoms. The molecule has 1 aliphatic rings. The van der Waals surface area contributed by atoms with E-state index in [-0.39, 0.29) is 0 Å². The zero-order valence-electron chi connectivity index (χ0n) is 16.3. The zero-order valence-corrected chi connectivity index (χ0v) is 16.3. The number of anilines is 2. The van der Waals surface area contributed by atoms with Crippen LogP contribution in [0.1, 0.15) is 11.1 Å². The van der Waals surface area contributed by atoms with Crippen LogP contribution in [0.2, 0.25) is 0 Å². The molecule has 0 saturated heterocycles. The molecule has 0 saturated carbocycles. The van der Waals surface area contributed by atoms with Gasteiger partial charge in [0.05, 0.1) is 12.4 Å². The predicted molar refractivity (Wildman–Crippen MR) is 114 cm³/mol. The van der Waals surface area contributed by atoms with Gasteiger partial charge in [-0.2, -0.15) is 10.2 Å². The number of hydrazone groups is 2. The molecule has 1 heterocycles. The van der Waals surface area contributed by atoms with E-state index < -0.39 is 0 Å². The Morgan fingerprint density at radius 3 is 1.37 bits per heavy atom. The molecule has 1 aliphatic heterocycles. The summed E-state index contributed by atoms with van der Waals surface area (Å²) in [6.45, 7) is 0.596. The second-order valence-electron chi connectivity index (χ2n) is 6.78. The van der Waals surface area contributed by atoms with Crippen LogP contribution < -0.4 is 9.80 Å². The Labute approximate surface area is 161 Å². The third-order valence-corrected chi connectivity index (χ3v) is 4.23. The van der Waals surface area contributed by atoms with E-state index in [0.717, 1.165) is 11.1 Å². The van der Waals surface area contributed by atoms with Crippen LogP contribution in [0.3, 0.4) is 0 Å². The monoisotopic (exact) mass is 362 g/mol. The van der Waals surface area contributed by atoms with Gasteiger partial charge in [-0.05, 0) is 35.4 Å². The first-order chi connectivity index (χ1) is 13.0. The van der Waals surface area contributed by atoms with Crippen LogP contribution in [0.25, 0.3) is 0 Å². The van der Waals surface area contributed by atoms with Gasteiger partial charge in [0, 0.05) is 52.0 Å². The van der Waals surface area contributed by atoms with Crippen LogP contribution in [-0.4, -0.2) is 57.3 Å². The molecule has 0 aromatic heterocycles. The minimum absolute atomic E-state index is 0.596. The van der Waals surface area contributed by atoms with Crippen molar-refractivity contribution in [2.45, 2.75) is 0 Å². The van der Waals surface area contributed by atoms with Crippen LogP contribution in [0.4, 0.5) is 11.4 Å². The summed E-state index contributed by atoms with van der Waals surface area (Å²) in [7, 11) is 8.13. The third kappa shape index (κ3) is 5.10. The fourth-order valence-corrected chi connectivity index (χ4v) is 2.55. The standard InChI is InChI=1S/C21H26N6/c1-24(2)20-9-5-18(6-10-20)15-22-26-13-14-27(17-26)23-16-19-7-11-21(12-8-19)25(3)4/h5-16H,17H2,1-4H3. The summed E-state index contributed by atoms with van der Waals surface area (Å²) in [6, 6.07) is 16.6. The van der Waals surface area contributed by atoms with Crippen molar-refractivity contribution in [3.63, 3.8) is 0 Å². The van der Waals surface area contributed by atoms with Crippen LogP contribution in [0, 0.1) is 0 Å². The zero-order chi connectivity index (χ0) is 19.2. The smallest absolute Gasteiger partial charge is 0.133 e. The molecule has 0 unspecified atom stereocenters. The molecule has 0 amide bonds. The SMILES string of the molecule is CN(C)c1ccc(C=NN2C=CN(N=Cc3ccc(N(C)C)cc3)C2)cc1. The number of benzene rings is 2. The summed E-state index contributed by atoms with van der Waals surface area (Å²) in [5.74, 6) is 0. The molecule has 0 bridgehead atoms. The Balaban J connectivity index is 1.53. The van der Waals surface area contributed by atoms with E-state index in [2.05, 4.69) is 68.5 Å². The second kappa shape index (κ2) is 8.40. The van der Waals surface area contributed by atoms with E-state index in [1.165, 1.54) is 11.4 Å². The normalized spacial score (nSPS) is 13.9. The Bertz CT molecular complexity index is 749. The van der Waals surface area contributed by atoms with Gasteiger partial charge in [-0.3, -0.25) is 0 Å². The maximum absolute atomic E-state index is 4.49. The molecule has 140 valence electrons. The maximum Gasteiger partial charge on any atom is 0.133 e. The molecule has 27 heavy (non-hydrogen) atoms. The number of nitrogens with zero attached hydrogens (tertiary/aromatic N) is 6. The van der Waals surface area contributed by atoms with Crippen molar-refractivity contribution in [3.8, 4) is 0 Å². The lowest BCUT2D eigenvalue weighted by molar-refractivity contribution is 0.284. The van der Waals surface area contributed by atoms with Crippen LogP contribution >= 0.6 is 0 Å². The fourth-order valence-electron chi connectivity index (χ4n) is 2.55. The fraction of sp³-hybridized carbons (Fsp3) is 0.238. The topological polar surface area (TPSA) is 37.7 Å². The quantitative estimate of drug-likeness (QED) is 0.740. The van der Waals surface area contributed by atoms with E-state index in [1.54, 1.807) is 0 Å². The molecule has 6 nitrogen and oxygen atoms in total. The van der Waals surface area contributed by atoms with Gasteiger partial charge in [0.1, 0.15) is 6.67 Å². The Morgan fingerprint density at radius 1 is 0.667 bits per heavy atom. The van der Waals surface area contributed by atoms with Gasteiger partial charge >= 0.3 is 0 Å². The lowest BCUT2D eigenvalue weighted by Crippen LogP contribution is -2.17. The van der Waals surface area contributed by atoms with Gasteiger partial charge in [-0.25, -0.2) is 10.0 Å². The summed E-state index contributed by atoms with van der Waals surface area (Å²) in [5.41, 5.74) is 4.48. The molecule has 2 aromatic carbocycles. The number of hydrogen-bond donors (Lipinski definition) is 0. The highest BCUT2D eigenvalue weighted by Crippen LogP contribution is 2.13. The van der Waals surface area contributed by atoms with Crippen molar-refractivity contribution >= 4 is 23.8 Å². The highest BCUT2D eigenvalue weighted by Gasteiger charge is 2.09. The molecular formula is C21H26N6. The Kier molecular flexibility index (Phi) is 5.76. The predicted octanol–water partition coefficient (Wildman–Crippen LogP) is 3.23. The molecule has 0 N–H and O–H groups in total. The minimum Gasteiger partial charge on any atom is -0.378 e. The summed E-state index contributed by atoms with van der Waals surface area (Å²) in [4.78, 5) is 4.15.